The number of benzene rings is 5. The lowest BCUT2D eigenvalue weighted by molar-refractivity contribution is 0.0997. The first-order valence-corrected chi connectivity index (χ1v) is 16.2. The van der Waals surface area contributed by atoms with E-state index < -0.39 is 5.66 Å². The van der Waals surface area contributed by atoms with Crippen molar-refractivity contribution in [3.8, 4) is 0 Å². The summed E-state index contributed by atoms with van der Waals surface area (Å²) in [5.41, 5.74) is 5.21. The van der Waals surface area contributed by atoms with E-state index in [9.17, 15) is 9.59 Å². The highest BCUT2D eigenvalue weighted by Crippen LogP contribution is 2.55. The Labute approximate surface area is 269 Å². The van der Waals surface area contributed by atoms with Crippen LogP contribution in [0.4, 0.5) is 5.69 Å². The van der Waals surface area contributed by atoms with E-state index in [1.165, 1.54) is 12.0 Å². The van der Waals surface area contributed by atoms with Crippen LogP contribution in [0.2, 0.25) is 0 Å². The monoisotopic (exact) mass is 598 g/mol. The summed E-state index contributed by atoms with van der Waals surface area (Å²) < 4.78 is 0. The fraction of sp³-hybridized carbons (Fsp3) is 0.167. The Bertz CT molecular complexity index is 2040. The molecule has 46 heavy (non-hydrogen) atoms. The number of fused-ring (bicyclic) bond motifs is 2. The Morgan fingerprint density at radius 2 is 1.26 bits per heavy atom. The van der Waals surface area contributed by atoms with E-state index in [1.54, 1.807) is 24.3 Å². The Kier molecular flexibility index (Phi) is 7.06. The quantitative estimate of drug-likeness (QED) is 0.148. The van der Waals surface area contributed by atoms with Crippen LogP contribution in [0.3, 0.4) is 0 Å². The average molecular weight is 599 g/mol. The van der Waals surface area contributed by atoms with E-state index in [4.69, 9.17) is 4.99 Å². The third-order valence-electron chi connectivity index (χ3n) is 9.90. The summed E-state index contributed by atoms with van der Waals surface area (Å²) in [5, 5.41) is 1.52. The molecule has 4 heteroatoms. The predicted octanol–water partition coefficient (Wildman–Crippen LogP) is 7.77. The van der Waals surface area contributed by atoms with Gasteiger partial charge in [-0.15, -0.1) is 0 Å². The lowest BCUT2D eigenvalue weighted by Crippen LogP contribution is -2.55. The number of nitrogens with zero attached hydrogens (tertiary/aromatic N) is 2. The van der Waals surface area contributed by atoms with Crippen LogP contribution in [-0.2, 0) is 0 Å². The van der Waals surface area contributed by atoms with E-state index in [2.05, 4.69) is 65.6 Å². The summed E-state index contributed by atoms with van der Waals surface area (Å²) in [6.07, 6.45) is 6.72. The first-order chi connectivity index (χ1) is 22.6. The molecule has 2 aliphatic heterocycles. The number of carbonyl (C=O) groups is 2. The molecule has 8 rings (SSSR count). The minimum absolute atomic E-state index is 0.172. The van der Waals surface area contributed by atoms with Gasteiger partial charge in [0.05, 0.1) is 16.6 Å². The lowest BCUT2D eigenvalue weighted by atomic mass is 9.66. The molecule has 5 aromatic carbocycles. The van der Waals surface area contributed by atoms with Crippen molar-refractivity contribution in [3.63, 3.8) is 0 Å². The second-order valence-corrected chi connectivity index (χ2v) is 12.5. The second kappa shape index (κ2) is 11.5. The van der Waals surface area contributed by atoms with Crippen LogP contribution in [0, 0.1) is 5.92 Å². The van der Waals surface area contributed by atoms with Crippen molar-refractivity contribution in [1.29, 1.82) is 0 Å². The fourth-order valence-corrected chi connectivity index (χ4v) is 7.84. The van der Waals surface area contributed by atoms with E-state index in [0.29, 0.717) is 16.3 Å². The van der Waals surface area contributed by atoms with Crippen LogP contribution in [0.5, 0.6) is 0 Å². The topological polar surface area (TPSA) is 49.7 Å². The van der Waals surface area contributed by atoms with Gasteiger partial charge in [-0.2, -0.15) is 0 Å². The van der Waals surface area contributed by atoms with E-state index >= 15 is 0 Å². The Balaban J connectivity index is 1.37. The summed E-state index contributed by atoms with van der Waals surface area (Å²) in [6.45, 7) is 0. The van der Waals surface area contributed by atoms with Crippen LogP contribution in [0.1, 0.15) is 63.4 Å². The Hall–Kier alpha value is -5.35. The van der Waals surface area contributed by atoms with Gasteiger partial charge in [-0.05, 0) is 47.7 Å². The standard InChI is InChI=1S/C42H34N2O2/c45-40(31-19-9-3-10-20-31)39(41(46)32-21-11-4-12-22-32)33-24-25-36-38(27-33)44-37(30-17-7-2-8-18-30)28-34(29-15-5-1-6-16-29)35-23-13-14-26-42(35,44)43-36/h1-12,15-22,24-25,27-28,34-35H,13-14,23,26H2/t34-,35+,42-/m1/s1. The maximum Gasteiger partial charge on any atom is 0.197 e. The van der Waals surface area contributed by atoms with Crippen molar-refractivity contribution < 1.29 is 9.59 Å². The van der Waals surface area contributed by atoms with Crippen LogP contribution in [0.25, 0.3) is 11.3 Å². The van der Waals surface area contributed by atoms with Crippen LogP contribution in [0.15, 0.2) is 151 Å². The molecule has 3 aliphatic rings. The zero-order valence-corrected chi connectivity index (χ0v) is 25.6. The van der Waals surface area contributed by atoms with Crippen molar-refractivity contribution in [2.75, 3.05) is 4.90 Å². The normalized spacial score (nSPS) is 21.2. The van der Waals surface area contributed by atoms with Crippen molar-refractivity contribution >= 4 is 28.5 Å². The molecular formula is C42H34N2O2. The maximum absolute atomic E-state index is 14.1. The highest BCUT2D eigenvalue weighted by atomic mass is 16.1. The third kappa shape index (κ3) is 4.64. The molecule has 1 spiro atoms. The van der Waals surface area contributed by atoms with E-state index in [-0.39, 0.29) is 29.0 Å². The maximum atomic E-state index is 14.1. The number of Topliss-reactive ketones (excluding diaryl/α,β-unsaturated/α-hetero) is 2. The van der Waals surface area contributed by atoms with Crippen molar-refractivity contribution in [1.82, 2.24) is 0 Å². The zero-order valence-electron chi connectivity index (χ0n) is 25.6. The SMILES string of the molecule is O=C(C(C(=O)c1ccccc1)=c1ccc2c(c1)N1C(c3ccccc3)=C[C@H](c3ccccc3)[C@@H]3CCCC[C@]31N=2)c1ccccc1. The highest BCUT2D eigenvalue weighted by molar-refractivity contribution is 6.49. The van der Waals surface area contributed by atoms with Gasteiger partial charge in [0.15, 0.2) is 11.6 Å². The predicted molar refractivity (Wildman–Crippen MR) is 183 cm³/mol. The summed E-state index contributed by atoms with van der Waals surface area (Å²) in [5.74, 6) is -0.0633. The second-order valence-electron chi connectivity index (χ2n) is 12.5. The highest BCUT2D eigenvalue weighted by Gasteiger charge is 2.55. The molecule has 0 radical (unpaired) electrons. The van der Waals surface area contributed by atoms with Crippen LogP contribution in [-0.4, -0.2) is 17.2 Å². The molecule has 0 unspecified atom stereocenters. The molecule has 4 nitrogen and oxygen atoms in total. The molecule has 1 aliphatic carbocycles. The molecule has 0 bridgehead atoms. The number of rotatable bonds is 6. The molecule has 224 valence electrons. The van der Waals surface area contributed by atoms with Crippen LogP contribution >= 0.6 is 0 Å². The van der Waals surface area contributed by atoms with Crippen LogP contribution < -0.4 is 15.5 Å². The molecule has 0 saturated heterocycles. The van der Waals surface area contributed by atoms with Gasteiger partial charge >= 0.3 is 0 Å². The molecule has 3 atom stereocenters. The molecular weight excluding hydrogens is 564 g/mol. The van der Waals surface area contributed by atoms with Gasteiger partial charge in [-0.1, -0.05) is 140 Å². The van der Waals surface area contributed by atoms with Gasteiger partial charge < -0.3 is 4.90 Å². The summed E-state index contributed by atoms with van der Waals surface area (Å²) in [7, 11) is 0. The summed E-state index contributed by atoms with van der Waals surface area (Å²) in [6, 6.07) is 45.5. The van der Waals surface area contributed by atoms with Crippen molar-refractivity contribution in [2.24, 2.45) is 10.9 Å². The van der Waals surface area contributed by atoms with E-state index in [0.717, 1.165) is 41.6 Å². The van der Waals surface area contributed by atoms with Gasteiger partial charge in [0.2, 0.25) is 0 Å². The molecule has 0 aromatic heterocycles. The Morgan fingerprint density at radius 3 is 1.89 bits per heavy atom. The minimum Gasteiger partial charge on any atom is -0.314 e. The van der Waals surface area contributed by atoms with Gasteiger partial charge in [0, 0.05) is 28.7 Å². The van der Waals surface area contributed by atoms with Gasteiger partial charge in [-0.3, -0.25) is 14.6 Å². The Morgan fingerprint density at radius 1 is 0.674 bits per heavy atom. The molecule has 5 aromatic rings. The molecule has 1 saturated carbocycles. The number of ketones is 2. The van der Waals surface area contributed by atoms with Gasteiger partial charge in [-0.25, -0.2) is 0 Å². The first kappa shape index (κ1) is 28.1. The lowest BCUT2D eigenvalue weighted by Gasteiger charge is -2.53. The van der Waals surface area contributed by atoms with Crippen molar-refractivity contribution in [2.45, 2.75) is 37.3 Å². The number of hydrogen-bond donors (Lipinski definition) is 0. The first-order valence-electron chi connectivity index (χ1n) is 16.2. The van der Waals surface area contributed by atoms with Gasteiger partial charge in [0.1, 0.15) is 5.66 Å². The molecule has 2 heterocycles. The zero-order chi connectivity index (χ0) is 31.1. The van der Waals surface area contributed by atoms with E-state index in [1.807, 2.05) is 60.7 Å². The smallest absolute Gasteiger partial charge is 0.197 e. The fourth-order valence-electron chi connectivity index (χ4n) is 7.84. The average Bonchev–Trinajstić information content (AvgIpc) is 3.45. The number of anilines is 1. The molecule has 0 N–H and O–H groups in total. The summed E-state index contributed by atoms with van der Waals surface area (Å²) in [4.78, 5) is 36.3. The van der Waals surface area contributed by atoms with Gasteiger partial charge in [0.25, 0.3) is 0 Å². The molecule has 0 amide bonds. The number of hydrogen-bond acceptors (Lipinski definition) is 4. The largest absolute Gasteiger partial charge is 0.314 e. The summed E-state index contributed by atoms with van der Waals surface area (Å²) >= 11 is 0. The van der Waals surface area contributed by atoms with Crippen molar-refractivity contribution in [3.05, 3.63) is 178 Å². The third-order valence-corrected chi connectivity index (χ3v) is 9.90. The number of carbonyl (C=O) groups excluding carboxylic acids is 2. The number of allylic oxidation sites excluding steroid dienone is 1. The minimum atomic E-state index is -0.452. The molecule has 1 fully saturated rings.